The summed E-state index contributed by atoms with van der Waals surface area (Å²) in [6.45, 7) is 7.02. The van der Waals surface area contributed by atoms with Gasteiger partial charge in [0.1, 0.15) is 0 Å². The first-order chi connectivity index (χ1) is 5.33. The normalized spacial score (nSPS) is 25.5. The molecule has 1 atom stereocenters. The third-order valence-electron chi connectivity index (χ3n) is 2.21. The molecule has 1 saturated heterocycles. The molecule has 62 valence electrons. The average Bonchev–Trinajstić information content (AvgIpc) is 2.52. The molecular formula is C10H17N. The van der Waals surface area contributed by atoms with Crippen LogP contribution in [0.3, 0.4) is 0 Å². The summed E-state index contributed by atoms with van der Waals surface area (Å²) >= 11 is 0. The number of allylic oxidation sites excluding steroid dienone is 2. The highest BCUT2D eigenvalue weighted by Crippen LogP contribution is 2.10. The van der Waals surface area contributed by atoms with Crippen molar-refractivity contribution in [2.75, 3.05) is 6.54 Å². The fourth-order valence-electron chi connectivity index (χ4n) is 1.37. The Hall–Kier alpha value is -0.560. The molecule has 0 aromatic carbocycles. The van der Waals surface area contributed by atoms with Crippen molar-refractivity contribution in [2.24, 2.45) is 0 Å². The zero-order valence-corrected chi connectivity index (χ0v) is 7.27. The molecule has 0 aliphatic carbocycles. The van der Waals surface area contributed by atoms with Gasteiger partial charge in [0, 0.05) is 6.04 Å². The third kappa shape index (κ3) is 2.89. The Labute approximate surface area is 69.2 Å². The Morgan fingerprint density at radius 3 is 3.09 bits per heavy atom. The predicted molar refractivity (Wildman–Crippen MR) is 49.6 cm³/mol. The van der Waals surface area contributed by atoms with Gasteiger partial charge in [0.25, 0.3) is 0 Å². The molecule has 0 saturated carbocycles. The van der Waals surface area contributed by atoms with E-state index in [4.69, 9.17) is 0 Å². The monoisotopic (exact) mass is 151 g/mol. The highest BCUT2D eigenvalue weighted by Gasteiger charge is 2.11. The van der Waals surface area contributed by atoms with Gasteiger partial charge in [-0.15, -0.1) is 0 Å². The Kier molecular flexibility index (Phi) is 3.37. The predicted octanol–water partition coefficient (Wildman–Crippen LogP) is 2.26. The van der Waals surface area contributed by atoms with Crippen LogP contribution >= 0.6 is 0 Å². The van der Waals surface area contributed by atoms with Crippen LogP contribution in [0.1, 0.15) is 26.2 Å². The van der Waals surface area contributed by atoms with Crippen LogP contribution in [0.4, 0.5) is 0 Å². The minimum absolute atomic E-state index is 0.727. The minimum Gasteiger partial charge on any atom is -0.314 e. The molecular weight excluding hydrogens is 134 g/mol. The molecule has 1 rings (SSSR count). The first-order valence-corrected chi connectivity index (χ1v) is 4.35. The molecule has 0 bridgehead atoms. The van der Waals surface area contributed by atoms with Crippen molar-refractivity contribution in [2.45, 2.75) is 32.2 Å². The lowest BCUT2D eigenvalue weighted by molar-refractivity contribution is 0.613. The maximum absolute atomic E-state index is 3.72. The van der Waals surface area contributed by atoms with E-state index in [1.165, 1.54) is 25.0 Å². The standard InChI is InChI=1S/C10H17N/c1-3-9(2)6-7-10-5-4-8-11-10/h3,6,10-11H,1,4-5,7-8H2,2H3. The second-order valence-corrected chi connectivity index (χ2v) is 3.18. The molecule has 1 heteroatoms. The van der Waals surface area contributed by atoms with Gasteiger partial charge in [0.05, 0.1) is 0 Å². The summed E-state index contributed by atoms with van der Waals surface area (Å²) in [5.41, 5.74) is 1.29. The zero-order chi connectivity index (χ0) is 8.10. The fraction of sp³-hybridized carbons (Fsp3) is 0.600. The molecule has 11 heavy (non-hydrogen) atoms. The largest absolute Gasteiger partial charge is 0.314 e. The second kappa shape index (κ2) is 4.35. The van der Waals surface area contributed by atoms with Crippen molar-refractivity contribution in [3.63, 3.8) is 0 Å². The Morgan fingerprint density at radius 2 is 2.55 bits per heavy atom. The van der Waals surface area contributed by atoms with E-state index in [9.17, 15) is 0 Å². The number of hydrogen-bond acceptors (Lipinski definition) is 1. The van der Waals surface area contributed by atoms with Crippen LogP contribution in [0.15, 0.2) is 24.3 Å². The van der Waals surface area contributed by atoms with Crippen molar-refractivity contribution >= 4 is 0 Å². The highest BCUT2D eigenvalue weighted by atomic mass is 14.9. The maximum Gasteiger partial charge on any atom is 0.0102 e. The van der Waals surface area contributed by atoms with Crippen LogP contribution in [0.25, 0.3) is 0 Å². The topological polar surface area (TPSA) is 12.0 Å². The molecule has 0 radical (unpaired) electrons. The first-order valence-electron chi connectivity index (χ1n) is 4.35. The molecule has 1 unspecified atom stereocenters. The lowest BCUT2D eigenvalue weighted by Crippen LogP contribution is -2.20. The molecule has 1 nitrogen and oxygen atoms in total. The summed E-state index contributed by atoms with van der Waals surface area (Å²) in [6.07, 6.45) is 8.01. The van der Waals surface area contributed by atoms with Gasteiger partial charge in [-0.3, -0.25) is 0 Å². The van der Waals surface area contributed by atoms with Gasteiger partial charge in [0.15, 0.2) is 0 Å². The van der Waals surface area contributed by atoms with Crippen LogP contribution in [-0.2, 0) is 0 Å². The van der Waals surface area contributed by atoms with Crippen LogP contribution in [0.2, 0.25) is 0 Å². The molecule has 0 amide bonds. The lowest BCUT2D eigenvalue weighted by Gasteiger charge is -2.05. The van der Waals surface area contributed by atoms with Crippen molar-refractivity contribution < 1.29 is 0 Å². The van der Waals surface area contributed by atoms with E-state index >= 15 is 0 Å². The molecule has 0 spiro atoms. The highest BCUT2D eigenvalue weighted by molar-refractivity contribution is 5.13. The van der Waals surface area contributed by atoms with Crippen molar-refractivity contribution in [3.8, 4) is 0 Å². The summed E-state index contributed by atoms with van der Waals surface area (Å²) < 4.78 is 0. The summed E-state index contributed by atoms with van der Waals surface area (Å²) in [7, 11) is 0. The molecule has 0 aromatic heterocycles. The first kappa shape index (κ1) is 8.54. The van der Waals surface area contributed by atoms with Gasteiger partial charge in [-0.05, 0) is 32.7 Å². The van der Waals surface area contributed by atoms with Crippen LogP contribution in [0, 0.1) is 0 Å². The van der Waals surface area contributed by atoms with E-state index in [0.29, 0.717) is 0 Å². The lowest BCUT2D eigenvalue weighted by atomic mass is 10.1. The van der Waals surface area contributed by atoms with Crippen LogP contribution in [-0.4, -0.2) is 12.6 Å². The fourth-order valence-corrected chi connectivity index (χ4v) is 1.37. The van der Waals surface area contributed by atoms with E-state index in [1.807, 2.05) is 6.08 Å². The second-order valence-electron chi connectivity index (χ2n) is 3.18. The number of rotatable bonds is 3. The SMILES string of the molecule is C=CC(C)=CCC1CCCN1. The Balaban J connectivity index is 2.24. The van der Waals surface area contributed by atoms with Crippen molar-refractivity contribution in [1.29, 1.82) is 0 Å². The summed E-state index contributed by atoms with van der Waals surface area (Å²) in [4.78, 5) is 0. The smallest absolute Gasteiger partial charge is 0.0102 e. The van der Waals surface area contributed by atoms with Crippen LogP contribution in [0.5, 0.6) is 0 Å². The quantitative estimate of drug-likeness (QED) is 0.610. The summed E-state index contributed by atoms with van der Waals surface area (Å²) in [5, 5.41) is 3.46. The van der Waals surface area contributed by atoms with Gasteiger partial charge in [0.2, 0.25) is 0 Å². The summed E-state index contributed by atoms with van der Waals surface area (Å²) in [5.74, 6) is 0. The van der Waals surface area contributed by atoms with Gasteiger partial charge in [-0.1, -0.05) is 24.3 Å². The maximum atomic E-state index is 3.72. The van der Waals surface area contributed by atoms with E-state index in [0.717, 1.165) is 12.5 Å². The van der Waals surface area contributed by atoms with E-state index < -0.39 is 0 Å². The molecule has 1 heterocycles. The number of hydrogen-bond donors (Lipinski definition) is 1. The van der Waals surface area contributed by atoms with Gasteiger partial charge < -0.3 is 5.32 Å². The molecule has 0 aromatic rings. The number of nitrogens with one attached hydrogen (secondary N) is 1. The minimum atomic E-state index is 0.727. The van der Waals surface area contributed by atoms with Gasteiger partial charge >= 0.3 is 0 Å². The Morgan fingerprint density at radius 1 is 1.73 bits per heavy atom. The van der Waals surface area contributed by atoms with E-state index in [-0.39, 0.29) is 0 Å². The molecule has 1 aliphatic heterocycles. The zero-order valence-electron chi connectivity index (χ0n) is 7.27. The molecule has 1 fully saturated rings. The Bertz CT molecular complexity index is 152. The van der Waals surface area contributed by atoms with Crippen molar-refractivity contribution in [1.82, 2.24) is 5.32 Å². The van der Waals surface area contributed by atoms with E-state index in [1.54, 1.807) is 0 Å². The van der Waals surface area contributed by atoms with Gasteiger partial charge in [-0.2, -0.15) is 0 Å². The molecule has 1 aliphatic rings. The van der Waals surface area contributed by atoms with Crippen LogP contribution < -0.4 is 5.32 Å². The van der Waals surface area contributed by atoms with Gasteiger partial charge in [-0.25, -0.2) is 0 Å². The third-order valence-corrected chi connectivity index (χ3v) is 2.21. The average molecular weight is 151 g/mol. The van der Waals surface area contributed by atoms with E-state index in [2.05, 4.69) is 24.9 Å². The summed E-state index contributed by atoms with van der Waals surface area (Å²) in [6, 6.07) is 0.727. The van der Waals surface area contributed by atoms with Crippen molar-refractivity contribution in [3.05, 3.63) is 24.3 Å². The molecule has 1 N–H and O–H groups in total.